The van der Waals surface area contributed by atoms with Crippen molar-refractivity contribution in [3.63, 3.8) is 0 Å². The van der Waals surface area contributed by atoms with Gasteiger partial charge < -0.3 is 9.72 Å². The van der Waals surface area contributed by atoms with Gasteiger partial charge in [-0.25, -0.2) is 4.98 Å². The topological polar surface area (TPSA) is 46.4 Å². The van der Waals surface area contributed by atoms with Gasteiger partial charge in [0.2, 0.25) is 5.91 Å². The predicted molar refractivity (Wildman–Crippen MR) is 95.8 cm³/mol. The first-order valence-corrected chi connectivity index (χ1v) is 8.59. The van der Waals surface area contributed by atoms with E-state index < -0.39 is 0 Å². The molecule has 0 fully saturated rings. The average molecular weight is 360 g/mol. The molecule has 1 aliphatic rings. The third-order valence-corrected chi connectivity index (χ3v) is 5.28. The Bertz CT molecular complexity index is 935. The van der Waals surface area contributed by atoms with Crippen LogP contribution in [0.25, 0.3) is 5.65 Å². The summed E-state index contributed by atoms with van der Waals surface area (Å²) in [7, 11) is 0. The van der Waals surface area contributed by atoms with Gasteiger partial charge in [0.15, 0.2) is 0 Å². The van der Waals surface area contributed by atoms with E-state index in [0.717, 1.165) is 29.9 Å². The number of aromatic nitrogens is 2. The number of fused-ring (bicyclic) bond motifs is 3. The van der Waals surface area contributed by atoms with E-state index in [1.165, 1.54) is 0 Å². The van der Waals surface area contributed by atoms with E-state index in [1.807, 2.05) is 24.4 Å². The zero-order chi connectivity index (χ0) is 16.7. The number of benzene rings is 1. The lowest BCUT2D eigenvalue weighted by Crippen LogP contribution is -2.28. The summed E-state index contributed by atoms with van der Waals surface area (Å²) in [5.74, 6) is -0.136. The van der Waals surface area contributed by atoms with Crippen molar-refractivity contribution in [2.45, 2.75) is 19.3 Å². The van der Waals surface area contributed by atoms with Crippen molar-refractivity contribution in [2.24, 2.45) is 5.92 Å². The Labute approximate surface area is 149 Å². The lowest BCUT2D eigenvalue weighted by atomic mass is 9.89. The third-order valence-electron chi connectivity index (χ3n) is 4.46. The molecule has 1 atom stereocenters. The molecule has 1 N–H and O–H groups in total. The van der Waals surface area contributed by atoms with Crippen LogP contribution in [0.2, 0.25) is 10.0 Å². The first-order valence-electron chi connectivity index (χ1n) is 7.83. The van der Waals surface area contributed by atoms with E-state index in [9.17, 15) is 4.79 Å². The molecule has 0 radical (unpaired) electrons. The minimum atomic E-state index is -0.104. The average Bonchev–Trinajstić information content (AvgIpc) is 2.96. The first kappa shape index (κ1) is 15.5. The molecule has 2 aromatic heterocycles. The quantitative estimate of drug-likeness (QED) is 0.737. The number of carbonyl (C=O) groups is 1. The van der Waals surface area contributed by atoms with E-state index in [-0.39, 0.29) is 11.8 Å². The second-order valence-electron chi connectivity index (χ2n) is 5.96. The van der Waals surface area contributed by atoms with Crippen LogP contribution in [-0.2, 0) is 17.6 Å². The highest BCUT2D eigenvalue weighted by molar-refractivity contribution is 6.44. The van der Waals surface area contributed by atoms with Crippen molar-refractivity contribution < 1.29 is 4.79 Å². The molecule has 122 valence electrons. The second kappa shape index (κ2) is 6.11. The van der Waals surface area contributed by atoms with Gasteiger partial charge in [-0.1, -0.05) is 35.3 Å². The standard InChI is InChI=1S/C18H15Cl2N3O/c19-12-4-3-5-14(17(12)20)22-18(24)11-7-8-13-15(10-11)23-9-2-1-6-16(23)21-13/h1-6,9,11H,7-8,10H2,(H,22,24). The van der Waals surface area contributed by atoms with Crippen molar-refractivity contribution in [3.05, 3.63) is 64.0 Å². The number of anilines is 1. The first-order chi connectivity index (χ1) is 11.6. The third kappa shape index (κ3) is 2.66. The summed E-state index contributed by atoms with van der Waals surface area (Å²) in [5.41, 5.74) is 3.69. The Morgan fingerprint density at radius 2 is 2.08 bits per heavy atom. The molecule has 0 saturated carbocycles. The normalized spacial score (nSPS) is 16.8. The van der Waals surface area contributed by atoms with Gasteiger partial charge in [0.05, 0.1) is 21.4 Å². The maximum atomic E-state index is 12.7. The van der Waals surface area contributed by atoms with Crippen LogP contribution in [0.5, 0.6) is 0 Å². The molecular weight excluding hydrogens is 345 g/mol. The minimum Gasteiger partial charge on any atom is -0.324 e. The number of carbonyl (C=O) groups excluding carboxylic acids is 1. The number of aryl methyl sites for hydroxylation is 1. The molecule has 4 rings (SSSR count). The predicted octanol–water partition coefficient (Wildman–Crippen LogP) is 4.38. The number of nitrogens with zero attached hydrogens (tertiary/aromatic N) is 2. The van der Waals surface area contributed by atoms with Gasteiger partial charge in [0.1, 0.15) is 5.65 Å². The number of hydrogen-bond acceptors (Lipinski definition) is 2. The zero-order valence-electron chi connectivity index (χ0n) is 12.8. The smallest absolute Gasteiger partial charge is 0.227 e. The van der Waals surface area contributed by atoms with Crippen LogP contribution >= 0.6 is 23.2 Å². The summed E-state index contributed by atoms with van der Waals surface area (Å²) in [6.45, 7) is 0. The number of pyridine rings is 1. The summed E-state index contributed by atoms with van der Waals surface area (Å²) in [6.07, 6.45) is 4.25. The molecule has 24 heavy (non-hydrogen) atoms. The highest BCUT2D eigenvalue weighted by Crippen LogP contribution is 2.31. The van der Waals surface area contributed by atoms with Crippen LogP contribution in [0.3, 0.4) is 0 Å². The molecular formula is C18H15Cl2N3O. The Hall–Kier alpha value is -2.04. The van der Waals surface area contributed by atoms with Crippen molar-refractivity contribution in [2.75, 3.05) is 5.32 Å². The number of imidazole rings is 1. The number of rotatable bonds is 2. The van der Waals surface area contributed by atoms with Crippen LogP contribution in [-0.4, -0.2) is 15.3 Å². The Balaban J connectivity index is 1.58. The molecule has 3 aromatic rings. The van der Waals surface area contributed by atoms with Gasteiger partial charge in [-0.05, 0) is 37.1 Å². The van der Waals surface area contributed by atoms with Gasteiger partial charge in [-0.3, -0.25) is 4.79 Å². The second-order valence-corrected chi connectivity index (χ2v) is 6.75. The highest BCUT2D eigenvalue weighted by atomic mass is 35.5. The number of halogens is 2. The monoisotopic (exact) mass is 359 g/mol. The highest BCUT2D eigenvalue weighted by Gasteiger charge is 2.28. The molecule has 1 aromatic carbocycles. The van der Waals surface area contributed by atoms with E-state index in [0.29, 0.717) is 22.2 Å². The molecule has 1 unspecified atom stereocenters. The summed E-state index contributed by atoms with van der Waals surface area (Å²) >= 11 is 12.2. The van der Waals surface area contributed by atoms with Crippen molar-refractivity contribution in [3.8, 4) is 0 Å². The molecule has 2 heterocycles. The SMILES string of the molecule is O=C(Nc1cccc(Cl)c1Cl)C1CCc2nc3ccccn3c2C1. The lowest BCUT2D eigenvalue weighted by molar-refractivity contribution is -0.120. The van der Waals surface area contributed by atoms with Crippen LogP contribution in [0.15, 0.2) is 42.6 Å². The summed E-state index contributed by atoms with van der Waals surface area (Å²) in [5, 5.41) is 3.71. The molecule has 1 aliphatic carbocycles. The fraction of sp³-hybridized carbons (Fsp3) is 0.222. The number of hydrogen-bond donors (Lipinski definition) is 1. The van der Waals surface area contributed by atoms with Crippen LogP contribution in [0.1, 0.15) is 17.8 Å². The number of nitrogens with one attached hydrogen (secondary N) is 1. The van der Waals surface area contributed by atoms with Gasteiger partial charge in [-0.2, -0.15) is 0 Å². The minimum absolute atomic E-state index is 0.0318. The maximum Gasteiger partial charge on any atom is 0.227 e. The van der Waals surface area contributed by atoms with E-state index in [2.05, 4.69) is 14.7 Å². The molecule has 0 saturated heterocycles. The maximum absolute atomic E-state index is 12.7. The van der Waals surface area contributed by atoms with Crippen molar-refractivity contribution in [1.82, 2.24) is 9.38 Å². The number of amides is 1. The Morgan fingerprint density at radius 1 is 1.21 bits per heavy atom. The molecule has 0 bridgehead atoms. The van der Waals surface area contributed by atoms with E-state index in [4.69, 9.17) is 23.2 Å². The molecule has 0 spiro atoms. The van der Waals surface area contributed by atoms with E-state index in [1.54, 1.807) is 18.2 Å². The van der Waals surface area contributed by atoms with E-state index >= 15 is 0 Å². The Kier molecular flexibility index (Phi) is 3.94. The van der Waals surface area contributed by atoms with Crippen molar-refractivity contribution in [1.29, 1.82) is 0 Å². The van der Waals surface area contributed by atoms with Crippen LogP contribution in [0, 0.1) is 5.92 Å². The largest absolute Gasteiger partial charge is 0.324 e. The molecule has 6 heteroatoms. The van der Waals surface area contributed by atoms with Crippen LogP contribution < -0.4 is 5.32 Å². The van der Waals surface area contributed by atoms with Gasteiger partial charge in [-0.15, -0.1) is 0 Å². The van der Waals surface area contributed by atoms with Crippen LogP contribution in [0.4, 0.5) is 5.69 Å². The zero-order valence-corrected chi connectivity index (χ0v) is 14.3. The molecule has 4 nitrogen and oxygen atoms in total. The lowest BCUT2D eigenvalue weighted by Gasteiger charge is -2.21. The van der Waals surface area contributed by atoms with Gasteiger partial charge in [0.25, 0.3) is 0 Å². The summed E-state index contributed by atoms with van der Waals surface area (Å²) in [6, 6.07) is 11.2. The van der Waals surface area contributed by atoms with Gasteiger partial charge in [0, 0.05) is 24.2 Å². The molecule has 1 amide bonds. The fourth-order valence-corrected chi connectivity index (χ4v) is 3.56. The Morgan fingerprint density at radius 3 is 2.96 bits per heavy atom. The van der Waals surface area contributed by atoms with Crippen molar-refractivity contribution >= 4 is 40.4 Å². The van der Waals surface area contributed by atoms with Gasteiger partial charge >= 0.3 is 0 Å². The summed E-state index contributed by atoms with van der Waals surface area (Å²) < 4.78 is 2.07. The fourth-order valence-electron chi connectivity index (χ4n) is 3.22. The summed E-state index contributed by atoms with van der Waals surface area (Å²) in [4.78, 5) is 17.3. The molecule has 0 aliphatic heterocycles.